The lowest BCUT2D eigenvalue weighted by Crippen LogP contribution is -2.29. The van der Waals surface area contributed by atoms with Crippen LogP contribution in [0.5, 0.6) is 0 Å². The van der Waals surface area contributed by atoms with Gasteiger partial charge in [-0.1, -0.05) is 0 Å². The molecule has 16 heavy (non-hydrogen) atoms. The highest BCUT2D eigenvalue weighted by atomic mass is 16.3. The van der Waals surface area contributed by atoms with Crippen molar-refractivity contribution in [1.29, 1.82) is 0 Å². The van der Waals surface area contributed by atoms with Gasteiger partial charge in [0.1, 0.15) is 5.82 Å². The zero-order valence-corrected chi connectivity index (χ0v) is 9.55. The number of nitrogen functional groups attached to an aromatic ring is 1. The molecule has 88 valence electrons. The third kappa shape index (κ3) is 3.51. The second-order valence-corrected chi connectivity index (χ2v) is 3.83. The number of nitrogens with zero attached hydrogens (tertiary/aromatic N) is 2. The van der Waals surface area contributed by atoms with Crippen molar-refractivity contribution in [2.24, 2.45) is 0 Å². The fraction of sp³-hybridized carbons (Fsp3) is 0.455. The molecule has 0 saturated heterocycles. The van der Waals surface area contributed by atoms with Crippen LogP contribution in [0.4, 0.5) is 5.82 Å². The fourth-order valence-electron chi connectivity index (χ4n) is 1.28. The molecule has 1 aromatic rings. The number of aliphatic hydroxyl groups is 1. The number of rotatable bonds is 4. The molecule has 5 nitrogen and oxygen atoms in total. The molecule has 1 atom stereocenters. The average molecular weight is 223 g/mol. The van der Waals surface area contributed by atoms with E-state index in [1.165, 1.54) is 6.20 Å². The number of anilines is 1. The molecule has 1 unspecified atom stereocenters. The van der Waals surface area contributed by atoms with E-state index in [1.807, 2.05) is 0 Å². The largest absolute Gasteiger partial charge is 0.393 e. The SMILES string of the molecule is CC(O)CCN(C)C(=O)c1ccnc(N)c1. The van der Waals surface area contributed by atoms with Crippen molar-refractivity contribution in [3.8, 4) is 0 Å². The van der Waals surface area contributed by atoms with E-state index >= 15 is 0 Å². The summed E-state index contributed by atoms with van der Waals surface area (Å²) in [5.74, 6) is 0.213. The van der Waals surface area contributed by atoms with Gasteiger partial charge in [-0.3, -0.25) is 4.79 Å². The minimum Gasteiger partial charge on any atom is -0.393 e. The average Bonchev–Trinajstić information content (AvgIpc) is 2.24. The Morgan fingerprint density at radius 3 is 2.94 bits per heavy atom. The van der Waals surface area contributed by atoms with E-state index in [2.05, 4.69) is 4.98 Å². The van der Waals surface area contributed by atoms with E-state index in [1.54, 1.807) is 31.0 Å². The summed E-state index contributed by atoms with van der Waals surface area (Å²) in [7, 11) is 1.70. The number of hydrogen-bond donors (Lipinski definition) is 2. The maximum absolute atomic E-state index is 11.9. The molecule has 0 radical (unpaired) electrons. The van der Waals surface area contributed by atoms with Gasteiger partial charge in [-0.15, -0.1) is 0 Å². The smallest absolute Gasteiger partial charge is 0.253 e. The van der Waals surface area contributed by atoms with Crippen LogP contribution in [0.15, 0.2) is 18.3 Å². The highest BCUT2D eigenvalue weighted by Gasteiger charge is 2.12. The molecular formula is C11H17N3O2. The number of aromatic nitrogens is 1. The minimum atomic E-state index is -0.405. The number of aliphatic hydroxyl groups excluding tert-OH is 1. The zero-order chi connectivity index (χ0) is 12.1. The Hall–Kier alpha value is -1.62. The lowest BCUT2D eigenvalue weighted by atomic mass is 10.2. The van der Waals surface area contributed by atoms with Crippen LogP contribution in [0.25, 0.3) is 0 Å². The van der Waals surface area contributed by atoms with E-state index in [0.29, 0.717) is 24.3 Å². The van der Waals surface area contributed by atoms with Gasteiger partial charge in [0.05, 0.1) is 6.10 Å². The van der Waals surface area contributed by atoms with Crippen LogP contribution >= 0.6 is 0 Å². The van der Waals surface area contributed by atoms with Crippen LogP contribution in [-0.2, 0) is 0 Å². The third-order valence-electron chi connectivity index (χ3n) is 2.26. The Bertz CT molecular complexity index is 366. The van der Waals surface area contributed by atoms with Crippen LogP contribution in [0.2, 0.25) is 0 Å². The molecule has 5 heteroatoms. The Morgan fingerprint density at radius 1 is 1.69 bits per heavy atom. The molecule has 3 N–H and O–H groups in total. The van der Waals surface area contributed by atoms with E-state index < -0.39 is 6.10 Å². The molecule has 1 rings (SSSR count). The Balaban J connectivity index is 2.63. The lowest BCUT2D eigenvalue weighted by molar-refractivity contribution is 0.0769. The molecule has 0 aliphatic heterocycles. The lowest BCUT2D eigenvalue weighted by Gasteiger charge is -2.18. The molecule has 0 aliphatic rings. The van der Waals surface area contributed by atoms with Gasteiger partial charge in [-0.05, 0) is 25.5 Å². The molecule has 0 spiro atoms. The first-order chi connectivity index (χ1) is 7.50. The predicted octanol–water partition coefficient (Wildman–Crippen LogP) is 0.507. The number of carbonyl (C=O) groups excluding carboxylic acids is 1. The number of hydrogen-bond acceptors (Lipinski definition) is 4. The Morgan fingerprint density at radius 2 is 2.38 bits per heavy atom. The van der Waals surface area contributed by atoms with Gasteiger partial charge in [0.2, 0.25) is 0 Å². The van der Waals surface area contributed by atoms with Crippen LogP contribution in [0, 0.1) is 0 Å². The number of carbonyl (C=O) groups is 1. The van der Waals surface area contributed by atoms with Gasteiger partial charge in [0, 0.05) is 25.4 Å². The zero-order valence-electron chi connectivity index (χ0n) is 9.55. The summed E-state index contributed by atoms with van der Waals surface area (Å²) in [6.07, 6.45) is 1.66. The molecule has 0 fully saturated rings. The third-order valence-corrected chi connectivity index (χ3v) is 2.26. The van der Waals surface area contributed by atoms with Crippen LogP contribution in [0.1, 0.15) is 23.7 Å². The maximum Gasteiger partial charge on any atom is 0.253 e. The highest BCUT2D eigenvalue weighted by Crippen LogP contribution is 2.07. The number of nitrogens with two attached hydrogens (primary N) is 1. The predicted molar refractivity (Wildman–Crippen MR) is 61.9 cm³/mol. The standard InChI is InChI=1S/C11H17N3O2/c1-8(15)4-6-14(2)11(16)9-3-5-13-10(12)7-9/h3,5,7-8,15H,4,6H2,1-2H3,(H2,12,13). The van der Waals surface area contributed by atoms with Crippen molar-refractivity contribution >= 4 is 11.7 Å². The normalized spacial score (nSPS) is 12.2. The van der Waals surface area contributed by atoms with Gasteiger partial charge in [0.25, 0.3) is 5.91 Å². The van der Waals surface area contributed by atoms with E-state index in [0.717, 1.165) is 0 Å². The second kappa shape index (κ2) is 5.46. The van der Waals surface area contributed by atoms with Gasteiger partial charge in [-0.25, -0.2) is 4.98 Å². The van der Waals surface area contributed by atoms with E-state index in [9.17, 15) is 4.79 Å². The van der Waals surface area contributed by atoms with Gasteiger partial charge in [0.15, 0.2) is 0 Å². The fourth-order valence-corrected chi connectivity index (χ4v) is 1.28. The van der Waals surface area contributed by atoms with Crippen LogP contribution in [0.3, 0.4) is 0 Å². The first kappa shape index (κ1) is 12.4. The molecule has 0 aromatic carbocycles. The molecule has 0 aliphatic carbocycles. The Kier molecular flexibility index (Phi) is 4.25. The second-order valence-electron chi connectivity index (χ2n) is 3.83. The van der Waals surface area contributed by atoms with Gasteiger partial charge < -0.3 is 15.7 Å². The molecule has 0 saturated carbocycles. The van der Waals surface area contributed by atoms with Crippen molar-refractivity contribution in [2.75, 3.05) is 19.3 Å². The highest BCUT2D eigenvalue weighted by molar-refractivity contribution is 5.94. The van der Waals surface area contributed by atoms with Crippen molar-refractivity contribution in [3.05, 3.63) is 23.9 Å². The maximum atomic E-state index is 11.9. The van der Waals surface area contributed by atoms with E-state index in [-0.39, 0.29) is 5.91 Å². The molecule has 1 aromatic heterocycles. The van der Waals surface area contributed by atoms with Gasteiger partial charge >= 0.3 is 0 Å². The monoisotopic (exact) mass is 223 g/mol. The summed E-state index contributed by atoms with van der Waals surface area (Å²) in [6, 6.07) is 3.17. The summed E-state index contributed by atoms with van der Waals surface area (Å²) in [5, 5.41) is 9.13. The van der Waals surface area contributed by atoms with Crippen molar-refractivity contribution in [3.63, 3.8) is 0 Å². The van der Waals surface area contributed by atoms with Gasteiger partial charge in [-0.2, -0.15) is 0 Å². The molecular weight excluding hydrogens is 206 g/mol. The summed E-state index contributed by atoms with van der Waals surface area (Å²) in [5.41, 5.74) is 6.01. The Labute approximate surface area is 94.9 Å². The summed E-state index contributed by atoms with van der Waals surface area (Å²) in [6.45, 7) is 2.21. The summed E-state index contributed by atoms with van der Waals surface area (Å²) < 4.78 is 0. The minimum absolute atomic E-state index is 0.116. The quantitative estimate of drug-likeness (QED) is 0.779. The van der Waals surface area contributed by atoms with Crippen LogP contribution in [-0.4, -0.2) is 40.6 Å². The van der Waals surface area contributed by atoms with Crippen molar-refractivity contribution < 1.29 is 9.90 Å². The molecule has 1 heterocycles. The topological polar surface area (TPSA) is 79.5 Å². The number of amides is 1. The first-order valence-corrected chi connectivity index (χ1v) is 5.15. The molecule has 1 amide bonds. The van der Waals surface area contributed by atoms with Crippen LogP contribution < -0.4 is 5.73 Å². The van der Waals surface area contributed by atoms with Crippen molar-refractivity contribution in [1.82, 2.24) is 9.88 Å². The van der Waals surface area contributed by atoms with Crippen molar-refractivity contribution in [2.45, 2.75) is 19.4 Å². The first-order valence-electron chi connectivity index (χ1n) is 5.15. The molecule has 0 bridgehead atoms. The summed E-state index contributed by atoms with van der Waals surface area (Å²) in [4.78, 5) is 17.3. The number of pyridine rings is 1. The summed E-state index contributed by atoms with van der Waals surface area (Å²) >= 11 is 0. The van der Waals surface area contributed by atoms with E-state index in [4.69, 9.17) is 10.8 Å².